The van der Waals surface area contributed by atoms with E-state index in [4.69, 9.17) is 16.0 Å². The Balaban J connectivity index is 1.41. The predicted molar refractivity (Wildman–Crippen MR) is 117 cm³/mol. The number of sulfone groups is 1. The van der Waals surface area contributed by atoms with Crippen molar-refractivity contribution in [3.8, 4) is 11.1 Å². The smallest absolute Gasteiger partial charge is 0.282 e. The topological polar surface area (TPSA) is 98.8 Å². The van der Waals surface area contributed by atoms with E-state index in [2.05, 4.69) is 20.2 Å². The van der Waals surface area contributed by atoms with E-state index in [1.165, 1.54) is 18.1 Å². The third kappa shape index (κ3) is 4.09. The van der Waals surface area contributed by atoms with Crippen molar-refractivity contribution >= 4 is 54.8 Å². The lowest BCUT2D eigenvalue weighted by Crippen LogP contribution is -2.07. The second-order valence-electron chi connectivity index (χ2n) is 7.05. The molecule has 4 aromatic rings. The molecule has 0 spiro atoms. The van der Waals surface area contributed by atoms with Crippen molar-refractivity contribution in [2.45, 2.75) is 23.1 Å². The second kappa shape index (κ2) is 7.92. The SMILES string of the molecule is O=S1(=O)CCC(Cc2nnc(Sc3ncnc4scc(-c5ccc(Cl)cc5)c34)o2)C1. The van der Waals surface area contributed by atoms with Crippen LogP contribution in [0.15, 0.2) is 50.6 Å². The maximum atomic E-state index is 11.7. The molecule has 1 fully saturated rings. The first-order valence-corrected chi connectivity index (χ1v) is 13.1. The maximum absolute atomic E-state index is 11.7. The van der Waals surface area contributed by atoms with Gasteiger partial charge in [-0.3, -0.25) is 0 Å². The highest BCUT2D eigenvalue weighted by molar-refractivity contribution is 7.99. The minimum Gasteiger partial charge on any atom is -0.416 e. The molecule has 3 aromatic heterocycles. The van der Waals surface area contributed by atoms with E-state index in [9.17, 15) is 8.42 Å². The molecule has 0 bridgehead atoms. The average molecular weight is 479 g/mol. The van der Waals surface area contributed by atoms with Gasteiger partial charge in [0.15, 0.2) is 9.84 Å². The molecule has 1 atom stereocenters. The number of rotatable bonds is 5. The van der Waals surface area contributed by atoms with E-state index >= 15 is 0 Å². The fourth-order valence-corrected chi connectivity index (χ4v) is 7.25. The highest BCUT2D eigenvalue weighted by Crippen LogP contribution is 2.40. The number of hydrogen-bond donors (Lipinski definition) is 0. The summed E-state index contributed by atoms with van der Waals surface area (Å²) in [4.78, 5) is 9.68. The number of hydrogen-bond acceptors (Lipinski definition) is 9. The van der Waals surface area contributed by atoms with Crippen LogP contribution in [-0.4, -0.2) is 40.1 Å². The minimum absolute atomic E-state index is 0.0347. The Morgan fingerprint density at radius 2 is 2.03 bits per heavy atom. The summed E-state index contributed by atoms with van der Waals surface area (Å²) >= 11 is 8.85. The molecule has 0 aliphatic carbocycles. The molecular formula is C19H15ClN4O3S3. The molecule has 154 valence electrons. The highest BCUT2D eigenvalue weighted by atomic mass is 35.5. The fourth-order valence-electron chi connectivity index (χ4n) is 3.49. The van der Waals surface area contributed by atoms with E-state index < -0.39 is 9.84 Å². The summed E-state index contributed by atoms with van der Waals surface area (Å²) in [5.74, 6) is 0.905. The first-order valence-electron chi connectivity index (χ1n) is 9.16. The average Bonchev–Trinajstić information content (AvgIpc) is 3.42. The quantitative estimate of drug-likeness (QED) is 0.386. The number of fused-ring (bicyclic) bond motifs is 1. The van der Waals surface area contributed by atoms with E-state index in [0.29, 0.717) is 29.0 Å². The van der Waals surface area contributed by atoms with Gasteiger partial charge >= 0.3 is 0 Å². The Labute approximate surface area is 185 Å². The molecule has 0 amide bonds. The minimum atomic E-state index is -2.93. The van der Waals surface area contributed by atoms with E-state index in [-0.39, 0.29) is 17.4 Å². The Morgan fingerprint density at radius 3 is 2.80 bits per heavy atom. The zero-order chi connectivity index (χ0) is 20.7. The number of halogens is 1. The van der Waals surface area contributed by atoms with Crippen molar-refractivity contribution in [1.29, 1.82) is 0 Å². The molecule has 0 N–H and O–H groups in total. The molecule has 1 unspecified atom stereocenters. The molecule has 1 aliphatic heterocycles. The van der Waals surface area contributed by atoms with Gasteiger partial charge < -0.3 is 4.42 Å². The number of benzene rings is 1. The third-order valence-corrected chi connectivity index (χ3v) is 8.73. The van der Waals surface area contributed by atoms with Crippen LogP contribution in [0.3, 0.4) is 0 Å². The maximum Gasteiger partial charge on any atom is 0.282 e. The van der Waals surface area contributed by atoms with Gasteiger partial charge in [0.1, 0.15) is 16.2 Å². The summed E-state index contributed by atoms with van der Waals surface area (Å²) in [5, 5.41) is 13.0. The normalized spacial score (nSPS) is 18.2. The summed E-state index contributed by atoms with van der Waals surface area (Å²) in [6.45, 7) is 0. The molecule has 11 heteroatoms. The molecule has 1 saturated heterocycles. The zero-order valence-electron chi connectivity index (χ0n) is 15.5. The lowest BCUT2D eigenvalue weighted by molar-refractivity contribution is 0.389. The van der Waals surface area contributed by atoms with Gasteiger partial charge in [0.05, 0.1) is 16.9 Å². The summed E-state index contributed by atoms with van der Waals surface area (Å²) in [6, 6.07) is 7.63. The standard InChI is InChI=1S/C19H15ClN4O3S3/c20-13-3-1-12(2-4-13)14-8-28-17-16(14)18(22-10-21-17)29-19-24-23-15(27-19)7-11-5-6-30(25,26)9-11/h1-4,8,10-11H,5-7,9H2. The largest absolute Gasteiger partial charge is 0.416 e. The Hall–Kier alpha value is -2.01. The molecule has 4 heterocycles. The van der Waals surface area contributed by atoms with Crippen LogP contribution >= 0.6 is 34.7 Å². The van der Waals surface area contributed by atoms with Crippen LogP contribution in [0.2, 0.25) is 5.02 Å². The summed E-state index contributed by atoms with van der Waals surface area (Å²) in [6.07, 6.45) is 2.63. The second-order valence-corrected chi connectivity index (χ2v) is 11.5. The van der Waals surface area contributed by atoms with Crippen molar-refractivity contribution in [3.05, 3.63) is 46.9 Å². The van der Waals surface area contributed by atoms with Gasteiger partial charge in [-0.1, -0.05) is 23.7 Å². The van der Waals surface area contributed by atoms with Crippen molar-refractivity contribution in [2.75, 3.05) is 11.5 Å². The highest BCUT2D eigenvalue weighted by Gasteiger charge is 2.29. The van der Waals surface area contributed by atoms with Gasteiger partial charge in [-0.25, -0.2) is 18.4 Å². The van der Waals surface area contributed by atoms with Crippen molar-refractivity contribution in [2.24, 2.45) is 5.92 Å². The Morgan fingerprint density at radius 1 is 1.20 bits per heavy atom. The molecule has 5 rings (SSSR count). The van der Waals surface area contributed by atoms with Crippen LogP contribution in [0.25, 0.3) is 21.3 Å². The van der Waals surface area contributed by atoms with Crippen LogP contribution in [0.1, 0.15) is 12.3 Å². The monoisotopic (exact) mass is 478 g/mol. The summed E-state index contributed by atoms with van der Waals surface area (Å²) in [5.41, 5.74) is 2.04. The van der Waals surface area contributed by atoms with Gasteiger partial charge in [0, 0.05) is 22.4 Å². The van der Waals surface area contributed by atoms with Gasteiger partial charge in [-0.2, -0.15) is 0 Å². The number of thiophene rings is 1. The number of nitrogens with zero attached hydrogens (tertiary/aromatic N) is 4. The molecule has 0 saturated carbocycles. The van der Waals surface area contributed by atoms with Crippen LogP contribution in [0, 0.1) is 5.92 Å². The van der Waals surface area contributed by atoms with Crippen molar-refractivity contribution in [1.82, 2.24) is 20.2 Å². The summed E-state index contributed by atoms with van der Waals surface area (Å²) < 4.78 is 29.1. The lowest BCUT2D eigenvalue weighted by atomic mass is 10.1. The zero-order valence-corrected chi connectivity index (χ0v) is 18.7. The van der Waals surface area contributed by atoms with Crippen LogP contribution in [-0.2, 0) is 16.3 Å². The molecule has 1 aliphatic rings. The van der Waals surface area contributed by atoms with Crippen LogP contribution in [0.4, 0.5) is 0 Å². The van der Waals surface area contributed by atoms with Gasteiger partial charge in [0.2, 0.25) is 5.89 Å². The Kier molecular flexibility index (Phi) is 5.26. The van der Waals surface area contributed by atoms with E-state index in [1.807, 2.05) is 29.6 Å². The van der Waals surface area contributed by atoms with Crippen molar-refractivity contribution in [3.63, 3.8) is 0 Å². The van der Waals surface area contributed by atoms with Crippen LogP contribution < -0.4 is 0 Å². The number of aromatic nitrogens is 4. The summed E-state index contributed by atoms with van der Waals surface area (Å²) in [7, 11) is -2.93. The van der Waals surface area contributed by atoms with Gasteiger partial charge in [-0.05, 0) is 41.8 Å². The molecule has 7 nitrogen and oxygen atoms in total. The van der Waals surface area contributed by atoms with Crippen LogP contribution in [0.5, 0.6) is 0 Å². The predicted octanol–water partition coefficient (Wildman–Crippen LogP) is 4.52. The molecule has 1 aromatic carbocycles. The van der Waals surface area contributed by atoms with Gasteiger partial charge in [-0.15, -0.1) is 21.5 Å². The van der Waals surface area contributed by atoms with E-state index in [1.54, 1.807) is 11.3 Å². The molecular weight excluding hydrogens is 464 g/mol. The lowest BCUT2D eigenvalue weighted by Gasteiger charge is -2.04. The fraction of sp³-hybridized carbons (Fsp3) is 0.263. The molecule has 30 heavy (non-hydrogen) atoms. The Bertz CT molecular complexity index is 1320. The third-order valence-electron chi connectivity index (χ3n) is 4.91. The molecule has 0 radical (unpaired) electrons. The van der Waals surface area contributed by atoms with Gasteiger partial charge in [0.25, 0.3) is 5.22 Å². The first kappa shape index (κ1) is 19.9. The first-order chi connectivity index (χ1) is 14.5. The van der Waals surface area contributed by atoms with E-state index in [0.717, 1.165) is 26.4 Å². The van der Waals surface area contributed by atoms with Crippen molar-refractivity contribution < 1.29 is 12.8 Å².